The third kappa shape index (κ3) is 2.17. The molecule has 1 aromatic rings. The second-order valence-corrected chi connectivity index (χ2v) is 3.09. The third-order valence-electron chi connectivity index (χ3n) is 2.03. The highest BCUT2D eigenvalue weighted by Crippen LogP contribution is 2.18. The molecule has 3 N–H and O–H groups in total. The Hall–Kier alpha value is -1.13. The Morgan fingerprint density at radius 2 is 2.54 bits per heavy atom. The first-order valence-corrected chi connectivity index (χ1v) is 4.26. The quantitative estimate of drug-likeness (QED) is 0.409. The van der Waals surface area contributed by atoms with Crippen LogP contribution in [-0.2, 0) is 7.05 Å². The molecule has 0 saturated heterocycles. The fourth-order valence-corrected chi connectivity index (χ4v) is 1.41. The zero-order chi connectivity index (χ0) is 9.84. The van der Waals surface area contributed by atoms with Crippen LogP contribution in [0.25, 0.3) is 0 Å². The molecule has 0 radical (unpaired) electrons. The second kappa shape index (κ2) is 4.20. The summed E-state index contributed by atoms with van der Waals surface area (Å²) in [7, 11) is 1.90. The van der Waals surface area contributed by atoms with Crippen LogP contribution in [0.2, 0.25) is 0 Å². The fourth-order valence-electron chi connectivity index (χ4n) is 1.41. The molecule has 0 aliphatic rings. The molecule has 1 unspecified atom stereocenters. The minimum absolute atomic E-state index is 0.117. The number of hydrogen-bond donors (Lipinski definition) is 2. The molecule has 0 fully saturated rings. The Bertz CT molecular complexity index is 290. The summed E-state index contributed by atoms with van der Waals surface area (Å²) < 4.78 is 1.79. The van der Waals surface area contributed by atoms with E-state index in [1.165, 1.54) is 0 Å². The molecule has 0 aliphatic heterocycles. The summed E-state index contributed by atoms with van der Waals surface area (Å²) in [4.78, 5) is 0. The number of nitrogens with zero attached hydrogens (tertiary/aromatic N) is 2. The van der Waals surface area contributed by atoms with E-state index in [1.54, 1.807) is 4.68 Å². The van der Waals surface area contributed by atoms with Crippen molar-refractivity contribution < 1.29 is 0 Å². The van der Waals surface area contributed by atoms with Crippen molar-refractivity contribution in [2.24, 2.45) is 12.9 Å². The van der Waals surface area contributed by atoms with Gasteiger partial charge in [-0.05, 0) is 13.3 Å². The van der Waals surface area contributed by atoms with Crippen molar-refractivity contribution in [3.8, 4) is 0 Å². The van der Waals surface area contributed by atoms with Crippen LogP contribution in [0, 0.1) is 6.92 Å². The van der Waals surface area contributed by atoms with Crippen LogP contribution in [0.15, 0.2) is 18.9 Å². The van der Waals surface area contributed by atoms with Crippen molar-refractivity contribution in [1.82, 2.24) is 15.2 Å². The minimum atomic E-state index is 0.117. The molecule has 1 aromatic heterocycles. The Morgan fingerprint density at radius 1 is 1.85 bits per heavy atom. The van der Waals surface area contributed by atoms with E-state index in [-0.39, 0.29) is 6.04 Å². The summed E-state index contributed by atoms with van der Waals surface area (Å²) >= 11 is 0. The lowest BCUT2D eigenvalue weighted by atomic mass is 10.1. The van der Waals surface area contributed by atoms with Gasteiger partial charge >= 0.3 is 0 Å². The fraction of sp³-hybridized carbons (Fsp3) is 0.444. The highest BCUT2D eigenvalue weighted by atomic mass is 15.3. The van der Waals surface area contributed by atoms with E-state index in [2.05, 4.69) is 17.1 Å². The minimum Gasteiger partial charge on any atom is -0.275 e. The van der Waals surface area contributed by atoms with Crippen LogP contribution in [0.5, 0.6) is 0 Å². The molecule has 1 rings (SSSR count). The van der Waals surface area contributed by atoms with Crippen LogP contribution in [0.4, 0.5) is 0 Å². The van der Waals surface area contributed by atoms with Gasteiger partial charge in [0.05, 0.1) is 11.7 Å². The van der Waals surface area contributed by atoms with Crippen LogP contribution in [0.1, 0.15) is 23.7 Å². The molecule has 1 heterocycles. The smallest absolute Gasteiger partial charge is 0.0642 e. The predicted octanol–water partition coefficient (Wildman–Crippen LogP) is 0.809. The molecular weight excluding hydrogens is 164 g/mol. The highest BCUT2D eigenvalue weighted by Gasteiger charge is 2.12. The van der Waals surface area contributed by atoms with Crippen LogP contribution in [-0.4, -0.2) is 9.78 Å². The molecule has 4 nitrogen and oxygen atoms in total. The lowest BCUT2D eigenvalue weighted by Gasteiger charge is -2.12. The maximum absolute atomic E-state index is 5.43. The van der Waals surface area contributed by atoms with Crippen LogP contribution in [0.3, 0.4) is 0 Å². The van der Waals surface area contributed by atoms with Gasteiger partial charge in [0.2, 0.25) is 0 Å². The first-order valence-electron chi connectivity index (χ1n) is 4.26. The zero-order valence-corrected chi connectivity index (χ0v) is 8.12. The molecule has 0 amide bonds. The largest absolute Gasteiger partial charge is 0.275 e. The highest BCUT2D eigenvalue weighted by molar-refractivity contribution is 5.20. The van der Waals surface area contributed by atoms with E-state index >= 15 is 0 Å². The summed E-state index contributed by atoms with van der Waals surface area (Å²) in [5, 5.41) is 4.25. The molecule has 72 valence electrons. The molecule has 4 heteroatoms. The average molecular weight is 180 g/mol. The van der Waals surface area contributed by atoms with E-state index in [4.69, 9.17) is 5.84 Å². The number of rotatable bonds is 4. The summed E-state index contributed by atoms with van der Waals surface area (Å²) in [6.45, 7) is 5.66. The maximum atomic E-state index is 5.43. The molecule has 0 bridgehead atoms. The van der Waals surface area contributed by atoms with Crippen molar-refractivity contribution >= 4 is 0 Å². The summed E-state index contributed by atoms with van der Waals surface area (Å²) in [6.07, 6.45) is 4.63. The normalized spacial score (nSPS) is 12.8. The van der Waals surface area contributed by atoms with Crippen LogP contribution >= 0.6 is 0 Å². The topological polar surface area (TPSA) is 55.9 Å². The number of hydrogen-bond acceptors (Lipinski definition) is 3. The van der Waals surface area contributed by atoms with Gasteiger partial charge in [-0.1, -0.05) is 6.08 Å². The molecular formula is C9H16N4. The van der Waals surface area contributed by atoms with Gasteiger partial charge in [0.25, 0.3) is 0 Å². The Labute approximate surface area is 78.4 Å². The van der Waals surface area contributed by atoms with Crippen LogP contribution < -0.4 is 11.3 Å². The maximum Gasteiger partial charge on any atom is 0.0642 e. The van der Waals surface area contributed by atoms with E-state index < -0.39 is 0 Å². The van der Waals surface area contributed by atoms with Gasteiger partial charge in [-0.2, -0.15) is 5.10 Å². The van der Waals surface area contributed by atoms with Crippen molar-refractivity contribution in [1.29, 1.82) is 0 Å². The molecule has 0 aromatic carbocycles. The number of nitrogens with one attached hydrogen (secondary N) is 1. The predicted molar refractivity (Wildman–Crippen MR) is 52.8 cm³/mol. The second-order valence-electron chi connectivity index (χ2n) is 3.09. The summed E-state index contributed by atoms with van der Waals surface area (Å²) in [6, 6.07) is 0.117. The van der Waals surface area contributed by atoms with Gasteiger partial charge in [-0.3, -0.25) is 16.0 Å². The van der Waals surface area contributed by atoms with Gasteiger partial charge in [-0.25, -0.2) is 0 Å². The average Bonchev–Trinajstić information content (AvgIpc) is 2.41. The van der Waals surface area contributed by atoms with E-state index in [0.717, 1.165) is 17.7 Å². The third-order valence-corrected chi connectivity index (χ3v) is 2.03. The molecule has 1 atom stereocenters. The molecule has 13 heavy (non-hydrogen) atoms. The zero-order valence-electron chi connectivity index (χ0n) is 8.12. The van der Waals surface area contributed by atoms with E-state index in [1.807, 2.05) is 26.2 Å². The Morgan fingerprint density at radius 3 is 2.92 bits per heavy atom. The monoisotopic (exact) mass is 180 g/mol. The lowest BCUT2D eigenvalue weighted by Crippen LogP contribution is -2.27. The molecule has 0 saturated carbocycles. The van der Waals surface area contributed by atoms with Gasteiger partial charge in [0.15, 0.2) is 0 Å². The number of hydrazine groups is 1. The molecule has 0 spiro atoms. The summed E-state index contributed by atoms with van der Waals surface area (Å²) in [5.41, 5.74) is 4.89. The van der Waals surface area contributed by atoms with Gasteiger partial charge in [0.1, 0.15) is 0 Å². The number of nitrogens with two attached hydrogens (primary N) is 1. The van der Waals surface area contributed by atoms with Crippen molar-refractivity contribution in [2.45, 2.75) is 19.4 Å². The van der Waals surface area contributed by atoms with Crippen molar-refractivity contribution in [3.63, 3.8) is 0 Å². The lowest BCUT2D eigenvalue weighted by molar-refractivity contribution is 0.558. The van der Waals surface area contributed by atoms with Crippen molar-refractivity contribution in [3.05, 3.63) is 30.1 Å². The van der Waals surface area contributed by atoms with Crippen molar-refractivity contribution in [2.75, 3.05) is 0 Å². The Balaban J connectivity index is 2.89. The van der Waals surface area contributed by atoms with E-state index in [9.17, 15) is 0 Å². The first kappa shape index (κ1) is 9.95. The standard InChI is InChI=1S/C9H16N4/c1-4-5-9(11-10)8-6-13(3)12-7(8)2/h4,6,9,11H,1,5,10H2,2-3H3. The van der Waals surface area contributed by atoms with Gasteiger partial charge in [0, 0.05) is 18.8 Å². The van der Waals surface area contributed by atoms with E-state index in [0.29, 0.717) is 0 Å². The number of aryl methyl sites for hydroxylation is 2. The summed E-state index contributed by atoms with van der Waals surface area (Å²) in [5.74, 6) is 5.43. The first-order chi connectivity index (χ1) is 6.19. The van der Waals surface area contributed by atoms with Gasteiger partial charge in [-0.15, -0.1) is 6.58 Å². The Kier molecular flexibility index (Phi) is 3.22. The molecule has 0 aliphatic carbocycles. The van der Waals surface area contributed by atoms with Gasteiger partial charge < -0.3 is 0 Å². The number of aromatic nitrogens is 2. The SMILES string of the molecule is C=CCC(NN)c1cn(C)nc1C.